The largest absolute Gasteiger partial charge is 0.454 e. The van der Waals surface area contributed by atoms with Crippen LogP contribution in [0, 0.1) is 0 Å². The van der Waals surface area contributed by atoms with Crippen molar-refractivity contribution in [3.05, 3.63) is 187 Å². The summed E-state index contributed by atoms with van der Waals surface area (Å²) in [5.41, 5.74) is 17.1. The molecule has 11 rings (SSSR count). The van der Waals surface area contributed by atoms with Crippen molar-refractivity contribution in [2.45, 2.75) is 44.4 Å². The van der Waals surface area contributed by atoms with E-state index in [0.29, 0.717) is 5.92 Å². The van der Waals surface area contributed by atoms with Crippen molar-refractivity contribution in [2.75, 3.05) is 4.90 Å². The van der Waals surface area contributed by atoms with E-state index in [9.17, 15) is 0 Å². The number of anilines is 3. The first-order valence-corrected chi connectivity index (χ1v) is 19.9. The van der Waals surface area contributed by atoms with Gasteiger partial charge in [0.2, 0.25) is 0 Å². The van der Waals surface area contributed by atoms with Gasteiger partial charge in [-0.2, -0.15) is 0 Å². The fourth-order valence-corrected chi connectivity index (χ4v) is 9.65. The summed E-state index contributed by atoms with van der Waals surface area (Å²) in [4.78, 5) is 2.38. The van der Waals surface area contributed by atoms with Gasteiger partial charge in [-0.05, 0) is 116 Å². The Morgan fingerprint density at radius 2 is 1.02 bits per heavy atom. The molecule has 2 aliphatic rings. The van der Waals surface area contributed by atoms with Gasteiger partial charge in [0.15, 0.2) is 5.58 Å². The molecule has 0 radical (unpaired) electrons. The highest BCUT2D eigenvalue weighted by atomic mass is 16.3. The molecule has 2 heteroatoms. The van der Waals surface area contributed by atoms with Crippen molar-refractivity contribution in [1.82, 2.24) is 0 Å². The zero-order valence-corrected chi connectivity index (χ0v) is 30.8. The summed E-state index contributed by atoms with van der Waals surface area (Å²) < 4.78 is 7.07. The Bertz CT molecular complexity index is 2870. The maximum atomic E-state index is 7.07. The van der Waals surface area contributed by atoms with E-state index < -0.39 is 0 Å². The third kappa shape index (κ3) is 5.39. The van der Waals surface area contributed by atoms with E-state index in [-0.39, 0.29) is 0 Å². The molecule has 0 unspecified atom stereocenters. The molecular weight excluding hydrogens is 667 g/mol. The van der Waals surface area contributed by atoms with Gasteiger partial charge in [-0.3, -0.25) is 0 Å². The van der Waals surface area contributed by atoms with E-state index in [1.54, 1.807) is 0 Å². The number of para-hydroxylation sites is 2. The summed E-state index contributed by atoms with van der Waals surface area (Å²) in [6, 6.07) is 62.5. The summed E-state index contributed by atoms with van der Waals surface area (Å²) in [6.07, 6.45) is 7.37. The van der Waals surface area contributed by atoms with Gasteiger partial charge in [-0.1, -0.05) is 159 Å². The Hall–Kier alpha value is -6.38. The quantitative estimate of drug-likeness (QED) is 0.171. The minimum Gasteiger partial charge on any atom is -0.454 e. The number of hydrogen-bond acceptors (Lipinski definition) is 2. The molecule has 1 saturated carbocycles. The predicted octanol–water partition coefficient (Wildman–Crippen LogP) is 15.2. The third-order valence-electron chi connectivity index (χ3n) is 12.3. The summed E-state index contributed by atoms with van der Waals surface area (Å²) in [6.45, 7) is 0. The normalized spacial score (nSPS) is 14.0. The van der Waals surface area contributed by atoms with E-state index in [1.165, 1.54) is 104 Å². The highest BCUT2D eigenvalue weighted by Gasteiger charge is 2.25. The minimum absolute atomic E-state index is 0.555. The molecule has 1 fully saturated rings. The van der Waals surface area contributed by atoms with Crippen LogP contribution in [0.2, 0.25) is 0 Å². The van der Waals surface area contributed by atoms with Crippen LogP contribution in [0.4, 0.5) is 17.1 Å². The molecule has 0 aliphatic heterocycles. The average molecular weight is 708 g/mol. The average Bonchev–Trinajstić information content (AvgIpc) is 3.84. The number of benzene rings is 8. The number of rotatable bonds is 6. The van der Waals surface area contributed by atoms with Gasteiger partial charge in [-0.15, -0.1) is 0 Å². The van der Waals surface area contributed by atoms with Crippen molar-refractivity contribution >= 4 is 49.8 Å². The molecule has 0 N–H and O–H groups in total. The monoisotopic (exact) mass is 707 g/mol. The predicted molar refractivity (Wildman–Crippen MR) is 231 cm³/mol. The number of hydrogen-bond donors (Lipinski definition) is 0. The maximum Gasteiger partial charge on any atom is 0.159 e. The van der Waals surface area contributed by atoms with E-state index >= 15 is 0 Å². The fourth-order valence-electron chi connectivity index (χ4n) is 9.65. The second-order valence-corrected chi connectivity index (χ2v) is 15.4. The first kappa shape index (κ1) is 32.1. The van der Waals surface area contributed by atoms with Crippen molar-refractivity contribution in [2.24, 2.45) is 0 Å². The van der Waals surface area contributed by atoms with Crippen molar-refractivity contribution < 1.29 is 4.42 Å². The van der Waals surface area contributed by atoms with Crippen LogP contribution in [-0.2, 0) is 6.42 Å². The van der Waals surface area contributed by atoms with Gasteiger partial charge >= 0.3 is 0 Å². The van der Waals surface area contributed by atoms with Crippen molar-refractivity contribution in [1.29, 1.82) is 0 Å². The van der Waals surface area contributed by atoms with Crippen molar-refractivity contribution in [3.8, 4) is 33.4 Å². The topological polar surface area (TPSA) is 16.4 Å². The molecule has 55 heavy (non-hydrogen) atoms. The lowest BCUT2D eigenvalue weighted by Crippen LogP contribution is -2.10. The third-order valence-corrected chi connectivity index (χ3v) is 12.3. The van der Waals surface area contributed by atoms with Gasteiger partial charge in [0.25, 0.3) is 0 Å². The Morgan fingerprint density at radius 3 is 1.84 bits per heavy atom. The second kappa shape index (κ2) is 13.2. The standard InChI is InChI=1S/C53H41NO/c1-2-12-36(13-3-1)46-21-10-23-48-49-24-11-25-51(53(49)55-52(46)48)54(40-30-26-37(27-31-40)43-19-8-16-35-14-4-6-17-42(35)43)41-32-28-38(29-33-41)44-20-9-22-47-45-18-7-5-15-39(45)34-50(44)47/h4-11,14-33,36H,1-3,12-13,34H2. The summed E-state index contributed by atoms with van der Waals surface area (Å²) in [5.74, 6) is 0.555. The van der Waals surface area contributed by atoms with Crippen LogP contribution < -0.4 is 4.90 Å². The minimum atomic E-state index is 0.555. The molecule has 0 amide bonds. The van der Waals surface area contributed by atoms with Gasteiger partial charge in [0.05, 0.1) is 5.69 Å². The van der Waals surface area contributed by atoms with E-state index in [1.807, 2.05) is 0 Å². The molecular formula is C53H41NO. The maximum absolute atomic E-state index is 7.07. The number of nitrogens with zero attached hydrogens (tertiary/aromatic N) is 1. The van der Waals surface area contributed by atoms with E-state index in [4.69, 9.17) is 4.42 Å². The Balaban J connectivity index is 1.05. The molecule has 2 aliphatic carbocycles. The van der Waals surface area contributed by atoms with Crippen LogP contribution in [0.25, 0.3) is 66.1 Å². The van der Waals surface area contributed by atoms with Crippen LogP contribution in [0.15, 0.2) is 174 Å². The SMILES string of the molecule is c1ccc2c(c1)Cc1c(-c3ccc(N(c4ccc(-c5cccc6ccccc56)cc4)c4cccc5c4oc4c(C6CCCCC6)cccc45)cc3)cccc1-2. The molecule has 2 nitrogen and oxygen atoms in total. The Labute approximate surface area is 322 Å². The van der Waals surface area contributed by atoms with Gasteiger partial charge < -0.3 is 9.32 Å². The number of fused-ring (bicyclic) bond motifs is 7. The second-order valence-electron chi connectivity index (χ2n) is 15.4. The summed E-state index contributed by atoms with van der Waals surface area (Å²) >= 11 is 0. The molecule has 0 bridgehead atoms. The highest BCUT2D eigenvalue weighted by Crippen LogP contribution is 2.47. The molecule has 1 heterocycles. The lowest BCUT2D eigenvalue weighted by atomic mass is 9.83. The molecule has 0 spiro atoms. The molecule has 0 saturated heterocycles. The lowest BCUT2D eigenvalue weighted by molar-refractivity contribution is 0.442. The first-order valence-electron chi connectivity index (χ1n) is 19.9. The summed E-state index contributed by atoms with van der Waals surface area (Å²) in [5, 5.41) is 4.89. The molecule has 8 aromatic carbocycles. The first-order chi connectivity index (χ1) is 27.3. The number of furan rings is 1. The smallest absolute Gasteiger partial charge is 0.159 e. The van der Waals surface area contributed by atoms with Crippen molar-refractivity contribution in [3.63, 3.8) is 0 Å². The summed E-state index contributed by atoms with van der Waals surface area (Å²) in [7, 11) is 0. The highest BCUT2D eigenvalue weighted by molar-refractivity contribution is 6.11. The Kier molecular flexibility index (Phi) is 7.69. The van der Waals surface area contributed by atoms with E-state index in [2.05, 4.69) is 175 Å². The zero-order valence-electron chi connectivity index (χ0n) is 30.8. The van der Waals surface area contributed by atoms with Crippen LogP contribution >= 0.6 is 0 Å². The van der Waals surface area contributed by atoms with Gasteiger partial charge in [-0.25, -0.2) is 0 Å². The molecule has 264 valence electrons. The molecule has 0 atom stereocenters. The van der Waals surface area contributed by atoms with Gasteiger partial charge in [0.1, 0.15) is 5.58 Å². The van der Waals surface area contributed by atoms with Crippen LogP contribution in [-0.4, -0.2) is 0 Å². The van der Waals surface area contributed by atoms with Gasteiger partial charge in [0, 0.05) is 22.1 Å². The van der Waals surface area contributed by atoms with Crippen LogP contribution in [0.3, 0.4) is 0 Å². The fraction of sp³-hybridized carbons (Fsp3) is 0.132. The zero-order chi connectivity index (χ0) is 36.3. The Morgan fingerprint density at radius 1 is 0.436 bits per heavy atom. The molecule has 1 aromatic heterocycles. The van der Waals surface area contributed by atoms with Crippen LogP contribution in [0.1, 0.15) is 54.7 Å². The molecule has 9 aromatic rings. The van der Waals surface area contributed by atoms with Crippen LogP contribution in [0.5, 0.6) is 0 Å². The van der Waals surface area contributed by atoms with E-state index in [0.717, 1.165) is 34.6 Å². The lowest BCUT2D eigenvalue weighted by Gasteiger charge is -2.26.